The monoisotopic (exact) mass is 267 g/mol. The standard InChI is InChI=1S/C13H18FN3O2/c1-3-7-16-11(18)8-17(2)13(19)9-5-4-6-10(14)12(9)15/h4-6H,3,7-8,15H2,1-2H3,(H,16,18). The summed E-state index contributed by atoms with van der Waals surface area (Å²) in [7, 11) is 1.47. The molecule has 0 aliphatic rings. The Morgan fingerprint density at radius 2 is 2.11 bits per heavy atom. The number of rotatable bonds is 5. The van der Waals surface area contributed by atoms with Crippen LogP contribution in [0.5, 0.6) is 0 Å². The summed E-state index contributed by atoms with van der Waals surface area (Å²) in [4.78, 5) is 24.7. The molecule has 0 heterocycles. The summed E-state index contributed by atoms with van der Waals surface area (Å²) in [6, 6.07) is 4.02. The lowest BCUT2D eigenvalue weighted by molar-refractivity contribution is -0.121. The summed E-state index contributed by atoms with van der Waals surface area (Å²) in [6.45, 7) is 2.40. The fraction of sp³-hybridized carbons (Fsp3) is 0.385. The number of carbonyl (C=O) groups is 2. The fourth-order valence-electron chi connectivity index (χ4n) is 1.54. The Kier molecular flexibility index (Phi) is 5.29. The maximum Gasteiger partial charge on any atom is 0.256 e. The van der Waals surface area contributed by atoms with E-state index in [1.807, 2.05) is 6.92 Å². The summed E-state index contributed by atoms with van der Waals surface area (Å²) in [5, 5.41) is 2.66. The van der Waals surface area contributed by atoms with Crippen LogP contribution in [-0.4, -0.2) is 36.9 Å². The van der Waals surface area contributed by atoms with Gasteiger partial charge in [0, 0.05) is 13.6 Å². The third kappa shape index (κ3) is 3.94. The molecule has 19 heavy (non-hydrogen) atoms. The first-order valence-electron chi connectivity index (χ1n) is 6.03. The molecule has 104 valence electrons. The predicted octanol–water partition coefficient (Wildman–Crippen LogP) is 1.01. The first-order chi connectivity index (χ1) is 8.97. The van der Waals surface area contributed by atoms with E-state index in [0.717, 1.165) is 6.42 Å². The Labute approximate surface area is 111 Å². The lowest BCUT2D eigenvalue weighted by Gasteiger charge is -2.17. The number of hydrogen-bond donors (Lipinski definition) is 2. The van der Waals surface area contributed by atoms with Crippen molar-refractivity contribution in [3.8, 4) is 0 Å². The second-order valence-corrected chi connectivity index (χ2v) is 4.21. The number of nitrogens with one attached hydrogen (secondary N) is 1. The van der Waals surface area contributed by atoms with E-state index < -0.39 is 11.7 Å². The SMILES string of the molecule is CCCNC(=O)CN(C)C(=O)c1cccc(F)c1N. The highest BCUT2D eigenvalue weighted by molar-refractivity contribution is 6.00. The number of nitrogen functional groups attached to an aromatic ring is 1. The second-order valence-electron chi connectivity index (χ2n) is 4.21. The quantitative estimate of drug-likeness (QED) is 0.782. The molecule has 1 rings (SSSR count). The van der Waals surface area contributed by atoms with Gasteiger partial charge >= 0.3 is 0 Å². The Balaban J connectivity index is 2.72. The summed E-state index contributed by atoms with van der Waals surface area (Å²) in [5.74, 6) is -1.38. The van der Waals surface area contributed by atoms with Crippen LogP contribution >= 0.6 is 0 Å². The minimum atomic E-state index is -0.644. The smallest absolute Gasteiger partial charge is 0.256 e. The van der Waals surface area contributed by atoms with Gasteiger partial charge in [0.2, 0.25) is 5.91 Å². The number of halogens is 1. The molecule has 0 unspecified atom stereocenters. The minimum absolute atomic E-state index is 0.0609. The molecule has 3 N–H and O–H groups in total. The van der Waals surface area contributed by atoms with Crippen LogP contribution in [0.1, 0.15) is 23.7 Å². The first-order valence-corrected chi connectivity index (χ1v) is 6.03. The van der Waals surface area contributed by atoms with Gasteiger partial charge in [0.05, 0.1) is 17.8 Å². The third-order valence-corrected chi connectivity index (χ3v) is 2.58. The molecule has 0 bridgehead atoms. The molecule has 1 aromatic rings. The molecule has 0 atom stereocenters. The lowest BCUT2D eigenvalue weighted by atomic mass is 10.1. The van der Waals surface area contributed by atoms with E-state index in [1.165, 1.54) is 30.1 Å². The first kappa shape index (κ1) is 14.9. The maximum absolute atomic E-state index is 13.3. The predicted molar refractivity (Wildman–Crippen MR) is 71.1 cm³/mol. The highest BCUT2D eigenvalue weighted by atomic mass is 19.1. The van der Waals surface area contributed by atoms with Gasteiger partial charge < -0.3 is 16.0 Å². The molecule has 0 aromatic heterocycles. The highest BCUT2D eigenvalue weighted by Crippen LogP contribution is 2.17. The van der Waals surface area contributed by atoms with Crippen LogP contribution in [0.3, 0.4) is 0 Å². The van der Waals surface area contributed by atoms with Crippen LogP contribution in [0.25, 0.3) is 0 Å². The second kappa shape index (κ2) is 6.72. The van der Waals surface area contributed by atoms with Crippen molar-refractivity contribution in [2.75, 3.05) is 25.9 Å². The zero-order valence-corrected chi connectivity index (χ0v) is 11.1. The number of benzene rings is 1. The van der Waals surface area contributed by atoms with E-state index in [-0.39, 0.29) is 23.7 Å². The van der Waals surface area contributed by atoms with Gasteiger partial charge in [0.25, 0.3) is 5.91 Å². The van der Waals surface area contributed by atoms with Crippen molar-refractivity contribution in [3.05, 3.63) is 29.6 Å². The molecule has 1 aromatic carbocycles. The zero-order chi connectivity index (χ0) is 14.4. The van der Waals surface area contributed by atoms with Crippen molar-refractivity contribution in [3.63, 3.8) is 0 Å². The van der Waals surface area contributed by atoms with Crippen molar-refractivity contribution >= 4 is 17.5 Å². The topological polar surface area (TPSA) is 75.4 Å². The van der Waals surface area contributed by atoms with Gasteiger partial charge in [-0.1, -0.05) is 13.0 Å². The number of nitrogens with two attached hydrogens (primary N) is 1. The number of anilines is 1. The van der Waals surface area contributed by atoms with Crippen LogP contribution < -0.4 is 11.1 Å². The zero-order valence-electron chi connectivity index (χ0n) is 11.1. The summed E-state index contributed by atoms with van der Waals surface area (Å²) in [5.41, 5.74) is 5.37. The van der Waals surface area contributed by atoms with Crippen molar-refractivity contribution in [2.24, 2.45) is 0 Å². The molecule has 0 saturated heterocycles. The maximum atomic E-state index is 13.3. The van der Waals surface area contributed by atoms with E-state index in [0.29, 0.717) is 6.54 Å². The summed E-state index contributed by atoms with van der Waals surface area (Å²) in [6.07, 6.45) is 0.820. The third-order valence-electron chi connectivity index (χ3n) is 2.58. The van der Waals surface area contributed by atoms with Crippen LogP contribution in [-0.2, 0) is 4.79 Å². The van der Waals surface area contributed by atoms with Gasteiger partial charge in [0.1, 0.15) is 5.82 Å². The van der Waals surface area contributed by atoms with E-state index in [2.05, 4.69) is 5.32 Å². The average Bonchev–Trinajstić information content (AvgIpc) is 2.38. The van der Waals surface area contributed by atoms with Crippen molar-refractivity contribution in [1.29, 1.82) is 0 Å². The Hall–Kier alpha value is -2.11. The number of likely N-dealkylation sites (N-methyl/N-ethyl adjacent to an activating group) is 1. The Morgan fingerprint density at radius 3 is 2.74 bits per heavy atom. The van der Waals surface area contributed by atoms with Crippen molar-refractivity contribution in [1.82, 2.24) is 10.2 Å². The molecular weight excluding hydrogens is 249 g/mol. The van der Waals surface area contributed by atoms with Crippen molar-refractivity contribution < 1.29 is 14.0 Å². The van der Waals surface area contributed by atoms with Gasteiger partial charge in [0.15, 0.2) is 0 Å². The minimum Gasteiger partial charge on any atom is -0.396 e. The van der Waals surface area contributed by atoms with E-state index in [1.54, 1.807) is 0 Å². The molecule has 5 nitrogen and oxygen atoms in total. The molecule has 0 spiro atoms. The number of hydrogen-bond acceptors (Lipinski definition) is 3. The Bertz CT molecular complexity index is 477. The number of carbonyl (C=O) groups excluding carboxylic acids is 2. The largest absolute Gasteiger partial charge is 0.396 e. The van der Waals surface area contributed by atoms with Gasteiger partial charge in [-0.05, 0) is 18.6 Å². The summed E-state index contributed by atoms with van der Waals surface area (Å²) >= 11 is 0. The summed E-state index contributed by atoms with van der Waals surface area (Å²) < 4.78 is 13.3. The average molecular weight is 267 g/mol. The van der Waals surface area contributed by atoms with Gasteiger partial charge in [-0.25, -0.2) is 4.39 Å². The fourth-order valence-corrected chi connectivity index (χ4v) is 1.54. The van der Waals surface area contributed by atoms with Crippen LogP contribution in [0, 0.1) is 5.82 Å². The van der Waals surface area contributed by atoms with E-state index in [4.69, 9.17) is 5.73 Å². The number of para-hydroxylation sites is 1. The van der Waals surface area contributed by atoms with Gasteiger partial charge in [-0.15, -0.1) is 0 Å². The molecule has 0 saturated carbocycles. The lowest BCUT2D eigenvalue weighted by Crippen LogP contribution is -2.38. The molecule has 0 aliphatic carbocycles. The van der Waals surface area contributed by atoms with Crippen LogP contribution in [0.4, 0.5) is 10.1 Å². The van der Waals surface area contributed by atoms with Crippen LogP contribution in [0.2, 0.25) is 0 Å². The Morgan fingerprint density at radius 1 is 1.42 bits per heavy atom. The van der Waals surface area contributed by atoms with Gasteiger partial charge in [-0.2, -0.15) is 0 Å². The highest BCUT2D eigenvalue weighted by Gasteiger charge is 2.18. The van der Waals surface area contributed by atoms with E-state index in [9.17, 15) is 14.0 Å². The number of nitrogens with zero attached hydrogens (tertiary/aromatic N) is 1. The normalized spacial score (nSPS) is 10.1. The van der Waals surface area contributed by atoms with E-state index >= 15 is 0 Å². The molecular formula is C13H18FN3O2. The molecule has 0 aliphatic heterocycles. The molecule has 0 radical (unpaired) electrons. The van der Waals surface area contributed by atoms with Crippen LogP contribution in [0.15, 0.2) is 18.2 Å². The van der Waals surface area contributed by atoms with Crippen molar-refractivity contribution in [2.45, 2.75) is 13.3 Å². The molecule has 2 amide bonds. The van der Waals surface area contributed by atoms with Gasteiger partial charge in [-0.3, -0.25) is 9.59 Å². The number of amides is 2. The molecule has 0 fully saturated rings. The molecule has 6 heteroatoms.